The fourth-order valence-corrected chi connectivity index (χ4v) is 2.89. The molecule has 2 rings (SSSR count). The highest BCUT2D eigenvalue weighted by molar-refractivity contribution is 7.18. The maximum Gasteiger partial charge on any atom is 0.416 e. The second-order valence-electron chi connectivity index (χ2n) is 3.98. The second kappa shape index (κ2) is 4.76. The highest BCUT2D eigenvalue weighted by Gasteiger charge is 2.31. The van der Waals surface area contributed by atoms with Gasteiger partial charge in [0.25, 0.3) is 0 Å². The van der Waals surface area contributed by atoms with E-state index in [1.54, 1.807) is 7.05 Å². The van der Waals surface area contributed by atoms with Crippen LogP contribution in [0.4, 0.5) is 18.9 Å². The van der Waals surface area contributed by atoms with Crippen molar-refractivity contribution in [3.8, 4) is 0 Å². The van der Waals surface area contributed by atoms with E-state index in [4.69, 9.17) is 0 Å². The van der Waals surface area contributed by atoms with Gasteiger partial charge in [0.2, 0.25) is 0 Å². The van der Waals surface area contributed by atoms with Gasteiger partial charge in [-0.3, -0.25) is 0 Å². The van der Waals surface area contributed by atoms with Crippen LogP contribution < -0.4 is 5.32 Å². The van der Waals surface area contributed by atoms with Gasteiger partial charge in [0.05, 0.1) is 21.0 Å². The molecule has 18 heavy (non-hydrogen) atoms. The Labute approximate surface area is 107 Å². The van der Waals surface area contributed by atoms with E-state index in [1.807, 2.05) is 6.92 Å². The minimum atomic E-state index is -4.32. The number of nitrogens with one attached hydrogen (secondary N) is 1. The van der Waals surface area contributed by atoms with Gasteiger partial charge in [0, 0.05) is 7.05 Å². The van der Waals surface area contributed by atoms with Crippen LogP contribution in [0.15, 0.2) is 12.1 Å². The van der Waals surface area contributed by atoms with Crippen molar-refractivity contribution in [2.24, 2.45) is 0 Å². The van der Waals surface area contributed by atoms with Crippen LogP contribution in [-0.4, -0.2) is 12.0 Å². The zero-order valence-corrected chi connectivity index (χ0v) is 10.9. The molecule has 98 valence electrons. The Kier molecular flexibility index (Phi) is 3.47. The van der Waals surface area contributed by atoms with Crippen molar-refractivity contribution < 1.29 is 13.2 Å². The predicted octanol–water partition coefficient (Wildman–Crippen LogP) is 4.31. The van der Waals surface area contributed by atoms with Crippen LogP contribution in [0.3, 0.4) is 0 Å². The first-order chi connectivity index (χ1) is 8.45. The quantitative estimate of drug-likeness (QED) is 0.902. The Morgan fingerprint density at radius 2 is 2.06 bits per heavy atom. The highest BCUT2D eigenvalue weighted by atomic mass is 32.1. The highest BCUT2D eigenvalue weighted by Crippen LogP contribution is 2.37. The average Bonchev–Trinajstić information content (AvgIpc) is 2.69. The van der Waals surface area contributed by atoms with E-state index in [0.29, 0.717) is 15.9 Å². The van der Waals surface area contributed by atoms with Gasteiger partial charge in [0.1, 0.15) is 5.52 Å². The molecule has 0 aliphatic heterocycles. The third-order valence-corrected chi connectivity index (χ3v) is 3.66. The van der Waals surface area contributed by atoms with Crippen LogP contribution in [-0.2, 0) is 12.6 Å². The predicted molar refractivity (Wildman–Crippen MR) is 68.2 cm³/mol. The molecule has 0 saturated heterocycles. The summed E-state index contributed by atoms with van der Waals surface area (Å²) in [5.74, 6) is 0. The Hall–Kier alpha value is -1.30. The number of nitrogens with zero attached hydrogens (tertiary/aromatic N) is 1. The van der Waals surface area contributed by atoms with Crippen molar-refractivity contribution in [1.29, 1.82) is 0 Å². The number of fused-ring (bicyclic) bond motifs is 1. The largest absolute Gasteiger partial charge is 0.416 e. The molecule has 1 aromatic carbocycles. The molecule has 0 aliphatic rings. The number of hydrogen-bond donors (Lipinski definition) is 1. The van der Waals surface area contributed by atoms with Crippen molar-refractivity contribution in [1.82, 2.24) is 4.98 Å². The molecule has 0 unspecified atom stereocenters. The van der Waals surface area contributed by atoms with E-state index in [2.05, 4.69) is 10.3 Å². The average molecular weight is 274 g/mol. The van der Waals surface area contributed by atoms with Crippen LogP contribution in [0.5, 0.6) is 0 Å². The minimum absolute atomic E-state index is 0.429. The molecule has 1 aromatic heterocycles. The van der Waals surface area contributed by atoms with Gasteiger partial charge < -0.3 is 5.32 Å². The lowest BCUT2D eigenvalue weighted by Crippen LogP contribution is -2.05. The maximum absolute atomic E-state index is 12.7. The van der Waals surface area contributed by atoms with Gasteiger partial charge in [-0.2, -0.15) is 13.2 Å². The van der Waals surface area contributed by atoms with Gasteiger partial charge in [-0.25, -0.2) is 4.98 Å². The first kappa shape index (κ1) is 13.1. The van der Waals surface area contributed by atoms with E-state index in [9.17, 15) is 13.2 Å². The maximum atomic E-state index is 12.7. The lowest BCUT2D eigenvalue weighted by atomic mass is 10.1. The van der Waals surface area contributed by atoms with E-state index in [-0.39, 0.29) is 0 Å². The van der Waals surface area contributed by atoms with Crippen molar-refractivity contribution in [2.45, 2.75) is 25.9 Å². The summed E-state index contributed by atoms with van der Waals surface area (Å²) in [6.07, 6.45) is -2.60. The summed E-state index contributed by atoms with van der Waals surface area (Å²) in [5.41, 5.74) is 0.420. The molecule has 0 fully saturated rings. The van der Waals surface area contributed by atoms with Crippen LogP contribution in [0.25, 0.3) is 10.2 Å². The van der Waals surface area contributed by atoms with Crippen molar-refractivity contribution in [3.05, 3.63) is 22.7 Å². The normalized spacial score (nSPS) is 12.1. The fraction of sp³-hybridized carbons (Fsp3) is 0.417. The molecule has 0 spiro atoms. The number of aromatic nitrogens is 1. The lowest BCUT2D eigenvalue weighted by molar-refractivity contribution is -0.137. The number of anilines is 1. The first-order valence-corrected chi connectivity index (χ1v) is 6.45. The molecular weight excluding hydrogens is 261 g/mol. The van der Waals surface area contributed by atoms with Gasteiger partial charge in [-0.1, -0.05) is 6.92 Å². The second-order valence-corrected chi connectivity index (χ2v) is 5.09. The number of halogens is 3. The number of benzene rings is 1. The number of aryl methyl sites for hydroxylation is 1. The molecule has 0 bridgehead atoms. The van der Waals surface area contributed by atoms with Gasteiger partial charge in [-0.05, 0) is 25.0 Å². The lowest BCUT2D eigenvalue weighted by Gasteiger charge is -2.09. The third-order valence-electron chi connectivity index (χ3n) is 2.60. The number of rotatable bonds is 3. The monoisotopic (exact) mass is 274 g/mol. The van der Waals surface area contributed by atoms with Crippen LogP contribution >= 0.6 is 11.3 Å². The summed E-state index contributed by atoms with van der Waals surface area (Å²) in [6.45, 7) is 2.02. The fourth-order valence-electron chi connectivity index (χ4n) is 1.75. The summed E-state index contributed by atoms with van der Waals surface area (Å²) < 4.78 is 38.8. The van der Waals surface area contributed by atoms with Crippen LogP contribution in [0.1, 0.15) is 23.9 Å². The number of thiazole rings is 1. The molecule has 2 aromatic rings. The Morgan fingerprint density at radius 3 is 2.61 bits per heavy atom. The molecule has 0 radical (unpaired) electrons. The molecule has 0 aliphatic carbocycles. The van der Waals surface area contributed by atoms with Crippen molar-refractivity contribution >= 4 is 27.2 Å². The molecule has 0 atom stereocenters. The van der Waals surface area contributed by atoms with E-state index < -0.39 is 11.7 Å². The third kappa shape index (κ3) is 2.43. The molecule has 2 nitrogen and oxygen atoms in total. The standard InChI is InChI=1S/C12H13F3N2S/c1-3-4-10-17-11-8(16-2)5-7(12(13,14)15)6-9(11)18-10/h5-6,16H,3-4H2,1-2H3. The summed E-state index contributed by atoms with van der Waals surface area (Å²) in [6, 6.07) is 2.28. The number of hydrogen-bond acceptors (Lipinski definition) is 3. The van der Waals surface area contributed by atoms with E-state index >= 15 is 0 Å². The topological polar surface area (TPSA) is 24.9 Å². The molecular formula is C12H13F3N2S. The van der Waals surface area contributed by atoms with Gasteiger partial charge >= 0.3 is 6.18 Å². The first-order valence-electron chi connectivity index (χ1n) is 5.64. The van der Waals surface area contributed by atoms with Crippen molar-refractivity contribution in [2.75, 3.05) is 12.4 Å². The smallest absolute Gasteiger partial charge is 0.386 e. The molecule has 0 amide bonds. The van der Waals surface area contributed by atoms with Gasteiger partial charge in [-0.15, -0.1) is 11.3 Å². The zero-order valence-electron chi connectivity index (χ0n) is 10.1. The van der Waals surface area contributed by atoms with E-state index in [1.165, 1.54) is 17.4 Å². The SMILES string of the molecule is CCCc1nc2c(NC)cc(C(F)(F)F)cc2s1. The summed E-state index contributed by atoms with van der Waals surface area (Å²) in [4.78, 5) is 4.39. The van der Waals surface area contributed by atoms with Gasteiger partial charge in [0.15, 0.2) is 0 Å². The van der Waals surface area contributed by atoms with E-state index in [0.717, 1.165) is 23.9 Å². The zero-order chi connectivity index (χ0) is 13.3. The molecule has 6 heteroatoms. The molecule has 1 heterocycles. The van der Waals surface area contributed by atoms with Crippen LogP contribution in [0.2, 0.25) is 0 Å². The Bertz CT molecular complexity index is 560. The summed E-state index contributed by atoms with van der Waals surface area (Å²) >= 11 is 1.33. The Balaban J connectivity index is 2.60. The molecule has 1 N–H and O–H groups in total. The molecule has 0 saturated carbocycles. The summed E-state index contributed by atoms with van der Waals surface area (Å²) in [5, 5.41) is 3.66. The van der Waals surface area contributed by atoms with Crippen LogP contribution in [0, 0.1) is 0 Å². The summed E-state index contributed by atoms with van der Waals surface area (Å²) in [7, 11) is 1.60. The number of alkyl halides is 3. The van der Waals surface area contributed by atoms with Crippen molar-refractivity contribution in [3.63, 3.8) is 0 Å². The Morgan fingerprint density at radius 1 is 1.33 bits per heavy atom. The minimum Gasteiger partial charge on any atom is -0.386 e.